The van der Waals surface area contributed by atoms with Crippen molar-refractivity contribution in [2.45, 2.75) is 6.92 Å². The van der Waals surface area contributed by atoms with Gasteiger partial charge < -0.3 is 9.15 Å². The molecule has 0 aliphatic rings. The Morgan fingerprint density at radius 3 is 2.30 bits per heavy atom. The Hall–Kier alpha value is -3.85. The van der Waals surface area contributed by atoms with Crippen molar-refractivity contribution in [3.8, 4) is 22.5 Å². The first-order valence-electron chi connectivity index (χ1n) is 10.0. The lowest BCUT2D eigenvalue weighted by molar-refractivity contribution is 0.0526. The van der Waals surface area contributed by atoms with Gasteiger partial charge in [-0.05, 0) is 41.5 Å². The Balaban J connectivity index is 1.76. The quantitative estimate of drug-likeness (QED) is 0.306. The van der Waals surface area contributed by atoms with Crippen LogP contribution < -0.4 is 0 Å². The van der Waals surface area contributed by atoms with Crippen LogP contribution in [-0.4, -0.2) is 12.6 Å². The molecule has 1 aromatic heterocycles. The summed E-state index contributed by atoms with van der Waals surface area (Å²) in [4.78, 5) is 12.0. The van der Waals surface area contributed by atoms with Gasteiger partial charge in [0.15, 0.2) is 0 Å². The molecule has 1 heterocycles. The lowest BCUT2D eigenvalue weighted by Crippen LogP contribution is -2.03. The number of benzene rings is 4. The molecule has 0 amide bonds. The molecule has 0 unspecified atom stereocenters. The van der Waals surface area contributed by atoms with E-state index in [1.807, 2.05) is 42.5 Å². The van der Waals surface area contributed by atoms with Crippen LogP contribution in [0.15, 0.2) is 95.4 Å². The van der Waals surface area contributed by atoms with Crippen molar-refractivity contribution < 1.29 is 13.9 Å². The molecular formula is C27H20O3. The summed E-state index contributed by atoms with van der Waals surface area (Å²) >= 11 is 0. The van der Waals surface area contributed by atoms with E-state index in [1.165, 1.54) is 5.39 Å². The van der Waals surface area contributed by atoms with E-state index in [9.17, 15) is 4.79 Å². The molecule has 0 aliphatic heterocycles. The number of ether oxygens (including phenoxy) is 1. The molecule has 3 nitrogen and oxygen atoms in total. The summed E-state index contributed by atoms with van der Waals surface area (Å²) in [6, 6.07) is 30.1. The standard InChI is InChI=1S/C27H20O3/c1-2-29-27(28)21-14-12-20(13-15-21)26-24(19-9-4-3-5-10-19)25-22-11-7-6-8-18(22)16-17-23(25)30-26/h3-17H,2H2,1H3. The molecule has 0 bridgehead atoms. The predicted molar refractivity (Wildman–Crippen MR) is 121 cm³/mol. The second-order valence-corrected chi connectivity index (χ2v) is 7.13. The molecule has 5 aromatic rings. The SMILES string of the molecule is CCOC(=O)c1ccc(-c2oc3ccc4ccccc4c3c2-c2ccccc2)cc1. The van der Waals surface area contributed by atoms with Gasteiger partial charge in [0, 0.05) is 16.5 Å². The van der Waals surface area contributed by atoms with E-state index in [1.54, 1.807) is 19.1 Å². The molecule has 0 saturated heterocycles. The van der Waals surface area contributed by atoms with E-state index >= 15 is 0 Å². The number of esters is 1. The Bertz CT molecular complexity index is 1350. The molecule has 4 aromatic carbocycles. The van der Waals surface area contributed by atoms with Gasteiger partial charge in [-0.25, -0.2) is 4.79 Å². The third-order valence-corrected chi connectivity index (χ3v) is 5.30. The summed E-state index contributed by atoms with van der Waals surface area (Å²) in [6.07, 6.45) is 0. The zero-order valence-electron chi connectivity index (χ0n) is 16.6. The Morgan fingerprint density at radius 1 is 0.800 bits per heavy atom. The number of carbonyl (C=O) groups excluding carboxylic acids is 1. The highest BCUT2D eigenvalue weighted by Gasteiger charge is 2.20. The highest BCUT2D eigenvalue weighted by Crippen LogP contribution is 2.43. The fraction of sp³-hybridized carbons (Fsp3) is 0.0741. The van der Waals surface area contributed by atoms with E-state index in [2.05, 4.69) is 36.4 Å². The number of carbonyl (C=O) groups is 1. The van der Waals surface area contributed by atoms with Crippen LogP contribution in [0.3, 0.4) is 0 Å². The van der Waals surface area contributed by atoms with Gasteiger partial charge in [0.25, 0.3) is 0 Å². The highest BCUT2D eigenvalue weighted by atomic mass is 16.5. The van der Waals surface area contributed by atoms with E-state index in [4.69, 9.17) is 9.15 Å². The fourth-order valence-electron chi connectivity index (χ4n) is 3.92. The molecule has 0 saturated carbocycles. The average molecular weight is 392 g/mol. The Kier molecular flexibility index (Phi) is 4.56. The van der Waals surface area contributed by atoms with Gasteiger partial charge in [-0.15, -0.1) is 0 Å². The third kappa shape index (κ3) is 3.05. The molecule has 30 heavy (non-hydrogen) atoms. The summed E-state index contributed by atoms with van der Waals surface area (Å²) in [5.41, 5.74) is 4.45. The zero-order chi connectivity index (χ0) is 20.5. The van der Waals surface area contributed by atoms with Crippen LogP contribution in [0.2, 0.25) is 0 Å². The van der Waals surface area contributed by atoms with Crippen molar-refractivity contribution in [3.63, 3.8) is 0 Å². The Labute approximate surface area is 174 Å². The van der Waals surface area contributed by atoms with Crippen LogP contribution in [0.25, 0.3) is 44.2 Å². The number of furan rings is 1. The molecule has 0 radical (unpaired) electrons. The maximum Gasteiger partial charge on any atom is 0.338 e. The first-order chi connectivity index (χ1) is 14.8. The molecular weight excluding hydrogens is 372 g/mol. The molecule has 3 heteroatoms. The number of hydrogen-bond donors (Lipinski definition) is 0. The van der Waals surface area contributed by atoms with Crippen molar-refractivity contribution in [1.82, 2.24) is 0 Å². The molecule has 0 fully saturated rings. The minimum Gasteiger partial charge on any atom is -0.462 e. The van der Waals surface area contributed by atoms with Crippen LogP contribution in [0, 0.1) is 0 Å². The van der Waals surface area contributed by atoms with Gasteiger partial charge in [-0.3, -0.25) is 0 Å². The maximum atomic E-state index is 12.0. The van der Waals surface area contributed by atoms with Crippen LogP contribution in [-0.2, 0) is 4.74 Å². The van der Waals surface area contributed by atoms with Crippen molar-refractivity contribution in [1.29, 1.82) is 0 Å². The van der Waals surface area contributed by atoms with Crippen LogP contribution in [0.4, 0.5) is 0 Å². The van der Waals surface area contributed by atoms with Crippen molar-refractivity contribution in [3.05, 3.63) is 96.6 Å². The monoisotopic (exact) mass is 392 g/mol. The summed E-state index contributed by atoms with van der Waals surface area (Å²) < 4.78 is 11.5. The van der Waals surface area contributed by atoms with Crippen molar-refractivity contribution in [2.24, 2.45) is 0 Å². The largest absolute Gasteiger partial charge is 0.462 e. The molecule has 0 N–H and O–H groups in total. The summed E-state index contributed by atoms with van der Waals surface area (Å²) in [5.74, 6) is 0.478. The highest BCUT2D eigenvalue weighted by molar-refractivity contribution is 6.16. The molecule has 0 atom stereocenters. The minimum absolute atomic E-state index is 0.317. The van der Waals surface area contributed by atoms with Gasteiger partial charge in [0.1, 0.15) is 11.3 Å². The van der Waals surface area contributed by atoms with Gasteiger partial charge in [-0.1, -0.05) is 72.8 Å². The van der Waals surface area contributed by atoms with Crippen molar-refractivity contribution >= 4 is 27.7 Å². The van der Waals surface area contributed by atoms with Gasteiger partial charge >= 0.3 is 5.97 Å². The summed E-state index contributed by atoms with van der Waals surface area (Å²) in [5, 5.41) is 3.43. The van der Waals surface area contributed by atoms with Crippen LogP contribution in [0.5, 0.6) is 0 Å². The maximum absolute atomic E-state index is 12.0. The van der Waals surface area contributed by atoms with E-state index in [0.717, 1.165) is 38.8 Å². The average Bonchev–Trinajstić information content (AvgIpc) is 3.20. The number of hydrogen-bond acceptors (Lipinski definition) is 3. The molecule has 146 valence electrons. The van der Waals surface area contributed by atoms with Crippen molar-refractivity contribution in [2.75, 3.05) is 6.61 Å². The molecule has 0 aliphatic carbocycles. The minimum atomic E-state index is -0.317. The van der Waals surface area contributed by atoms with E-state index in [-0.39, 0.29) is 5.97 Å². The second kappa shape index (κ2) is 7.53. The predicted octanol–water partition coefficient (Wildman–Crippen LogP) is 7.10. The van der Waals surface area contributed by atoms with E-state index < -0.39 is 0 Å². The van der Waals surface area contributed by atoms with Gasteiger partial charge in [-0.2, -0.15) is 0 Å². The zero-order valence-corrected chi connectivity index (χ0v) is 16.6. The summed E-state index contributed by atoms with van der Waals surface area (Å²) in [7, 11) is 0. The Morgan fingerprint density at radius 2 is 1.53 bits per heavy atom. The fourth-order valence-corrected chi connectivity index (χ4v) is 3.92. The normalized spacial score (nSPS) is 11.1. The molecule has 5 rings (SSSR count). The van der Waals surface area contributed by atoms with Crippen LogP contribution in [0.1, 0.15) is 17.3 Å². The van der Waals surface area contributed by atoms with Crippen LogP contribution >= 0.6 is 0 Å². The topological polar surface area (TPSA) is 39.4 Å². The van der Waals surface area contributed by atoms with Gasteiger partial charge in [0.05, 0.1) is 12.2 Å². The smallest absolute Gasteiger partial charge is 0.338 e. The van der Waals surface area contributed by atoms with Gasteiger partial charge in [0.2, 0.25) is 0 Å². The van der Waals surface area contributed by atoms with E-state index in [0.29, 0.717) is 12.2 Å². The lowest BCUT2D eigenvalue weighted by atomic mass is 9.95. The number of rotatable bonds is 4. The molecule has 0 spiro atoms. The first-order valence-corrected chi connectivity index (χ1v) is 10.0. The lowest BCUT2D eigenvalue weighted by Gasteiger charge is -2.07. The number of fused-ring (bicyclic) bond motifs is 3. The first kappa shape index (κ1) is 18.2. The summed E-state index contributed by atoms with van der Waals surface area (Å²) in [6.45, 7) is 2.16. The third-order valence-electron chi connectivity index (χ3n) is 5.30. The second-order valence-electron chi connectivity index (χ2n) is 7.13.